The predicted octanol–water partition coefficient (Wildman–Crippen LogP) is 4.25. The standard InChI is InChI=1S/C22H19N3O3S/c1-28-16-7-4-6-15(12-16)23-21(26)14-25-19-9-3-2-8-17(19)24-18(13-22(25)27)20-10-5-11-29-20/h2-12H,13-14H2,1H3,(H,23,26). The van der Waals surface area contributed by atoms with E-state index in [0.29, 0.717) is 28.5 Å². The molecule has 1 aliphatic rings. The number of rotatable bonds is 5. The van der Waals surface area contributed by atoms with Crippen LogP contribution in [0.1, 0.15) is 11.3 Å². The van der Waals surface area contributed by atoms with E-state index in [1.165, 1.54) is 4.90 Å². The molecular weight excluding hydrogens is 386 g/mol. The lowest BCUT2D eigenvalue weighted by Crippen LogP contribution is -2.38. The second-order valence-corrected chi connectivity index (χ2v) is 7.41. The Balaban J connectivity index is 1.58. The van der Waals surface area contributed by atoms with Crippen molar-refractivity contribution >= 4 is 45.9 Å². The molecule has 4 rings (SSSR count). The highest BCUT2D eigenvalue weighted by atomic mass is 32.1. The molecule has 146 valence electrons. The van der Waals surface area contributed by atoms with Gasteiger partial charge in [-0.1, -0.05) is 24.3 Å². The van der Waals surface area contributed by atoms with Crippen LogP contribution in [0.25, 0.3) is 0 Å². The van der Waals surface area contributed by atoms with Crippen LogP contribution in [0.2, 0.25) is 0 Å². The number of amides is 2. The molecule has 2 aromatic carbocycles. The summed E-state index contributed by atoms with van der Waals surface area (Å²) in [6, 6.07) is 18.4. The van der Waals surface area contributed by atoms with Crippen LogP contribution in [-0.2, 0) is 9.59 Å². The van der Waals surface area contributed by atoms with E-state index in [-0.39, 0.29) is 24.8 Å². The van der Waals surface area contributed by atoms with Gasteiger partial charge in [-0.3, -0.25) is 9.59 Å². The quantitative estimate of drug-likeness (QED) is 0.690. The Morgan fingerprint density at radius 2 is 2.03 bits per heavy atom. The molecule has 0 atom stereocenters. The van der Waals surface area contributed by atoms with Crippen molar-refractivity contribution in [3.05, 3.63) is 70.9 Å². The van der Waals surface area contributed by atoms with E-state index < -0.39 is 0 Å². The summed E-state index contributed by atoms with van der Waals surface area (Å²) in [5.41, 5.74) is 2.63. The number of nitrogens with zero attached hydrogens (tertiary/aromatic N) is 2. The molecule has 1 N–H and O–H groups in total. The Labute approximate surface area is 172 Å². The van der Waals surface area contributed by atoms with Crippen LogP contribution >= 0.6 is 11.3 Å². The molecule has 7 heteroatoms. The van der Waals surface area contributed by atoms with Gasteiger partial charge in [-0.15, -0.1) is 11.3 Å². The number of nitrogens with one attached hydrogen (secondary N) is 1. The number of carbonyl (C=O) groups is 2. The number of thiophene rings is 1. The number of benzene rings is 2. The third-order valence-corrected chi connectivity index (χ3v) is 5.43. The first-order valence-electron chi connectivity index (χ1n) is 9.09. The van der Waals surface area contributed by atoms with Gasteiger partial charge in [0, 0.05) is 16.6 Å². The second kappa shape index (κ2) is 8.28. The van der Waals surface area contributed by atoms with Gasteiger partial charge < -0.3 is 15.0 Å². The fourth-order valence-corrected chi connectivity index (χ4v) is 3.86. The first-order valence-corrected chi connectivity index (χ1v) is 9.97. The molecular formula is C22H19N3O3S. The maximum atomic E-state index is 13.0. The number of fused-ring (bicyclic) bond motifs is 1. The molecule has 0 spiro atoms. The SMILES string of the molecule is COc1cccc(NC(=O)CN2C(=O)CC(c3cccs3)=Nc3ccccc32)c1. The molecule has 1 aromatic heterocycles. The average molecular weight is 405 g/mol. The van der Waals surface area contributed by atoms with Crippen LogP contribution in [-0.4, -0.2) is 31.2 Å². The van der Waals surface area contributed by atoms with E-state index in [1.54, 1.807) is 42.7 Å². The van der Waals surface area contributed by atoms with Gasteiger partial charge in [0.1, 0.15) is 12.3 Å². The highest BCUT2D eigenvalue weighted by molar-refractivity contribution is 7.12. The number of aliphatic imine (C=N–C) groups is 1. The normalized spacial score (nSPS) is 13.3. The zero-order valence-corrected chi connectivity index (χ0v) is 16.6. The number of para-hydroxylation sites is 2. The molecule has 0 bridgehead atoms. The molecule has 0 saturated carbocycles. The van der Waals surface area contributed by atoms with Gasteiger partial charge in [-0.05, 0) is 35.7 Å². The highest BCUT2D eigenvalue weighted by Crippen LogP contribution is 2.33. The van der Waals surface area contributed by atoms with E-state index in [4.69, 9.17) is 9.73 Å². The van der Waals surface area contributed by atoms with Crippen molar-refractivity contribution in [2.24, 2.45) is 4.99 Å². The fourth-order valence-electron chi connectivity index (χ4n) is 3.15. The predicted molar refractivity (Wildman–Crippen MR) is 116 cm³/mol. The molecule has 3 aromatic rings. The zero-order valence-electron chi connectivity index (χ0n) is 15.8. The number of carbonyl (C=O) groups excluding carboxylic acids is 2. The third kappa shape index (κ3) is 4.20. The van der Waals surface area contributed by atoms with Crippen molar-refractivity contribution in [2.75, 3.05) is 23.9 Å². The van der Waals surface area contributed by atoms with Gasteiger partial charge in [0.15, 0.2) is 0 Å². The molecule has 0 radical (unpaired) electrons. The smallest absolute Gasteiger partial charge is 0.244 e. The summed E-state index contributed by atoms with van der Waals surface area (Å²) < 4.78 is 5.18. The van der Waals surface area contributed by atoms with Crippen LogP contribution in [0.4, 0.5) is 17.1 Å². The number of hydrogen-bond acceptors (Lipinski definition) is 5. The molecule has 1 aliphatic heterocycles. The van der Waals surface area contributed by atoms with Crippen molar-refractivity contribution < 1.29 is 14.3 Å². The maximum Gasteiger partial charge on any atom is 0.244 e. The summed E-state index contributed by atoms with van der Waals surface area (Å²) >= 11 is 1.54. The van der Waals surface area contributed by atoms with Gasteiger partial charge in [-0.25, -0.2) is 4.99 Å². The van der Waals surface area contributed by atoms with E-state index >= 15 is 0 Å². The minimum Gasteiger partial charge on any atom is -0.497 e. The zero-order chi connectivity index (χ0) is 20.2. The highest BCUT2D eigenvalue weighted by Gasteiger charge is 2.26. The molecule has 0 fully saturated rings. The third-order valence-electron chi connectivity index (χ3n) is 4.51. The van der Waals surface area contributed by atoms with Crippen molar-refractivity contribution in [3.8, 4) is 5.75 Å². The summed E-state index contributed by atoms with van der Waals surface area (Å²) in [7, 11) is 1.57. The maximum absolute atomic E-state index is 13.0. The summed E-state index contributed by atoms with van der Waals surface area (Å²) in [6.45, 7) is -0.0969. The lowest BCUT2D eigenvalue weighted by atomic mass is 10.2. The minimum atomic E-state index is -0.291. The van der Waals surface area contributed by atoms with Crippen LogP contribution in [0.15, 0.2) is 71.0 Å². The van der Waals surface area contributed by atoms with E-state index in [0.717, 1.165) is 4.88 Å². The van der Waals surface area contributed by atoms with Crippen LogP contribution in [0.5, 0.6) is 5.75 Å². The Morgan fingerprint density at radius 3 is 2.83 bits per heavy atom. The van der Waals surface area contributed by atoms with E-state index in [1.807, 2.05) is 41.8 Å². The summed E-state index contributed by atoms with van der Waals surface area (Å²) in [5, 5.41) is 4.78. The number of ether oxygens (including phenoxy) is 1. The van der Waals surface area contributed by atoms with Gasteiger partial charge in [-0.2, -0.15) is 0 Å². The fraction of sp³-hybridized carbons (Fsp3) is 0.136. The minimum absolute atomic E-state index is 0.0969. The Kier molecular flexibility index (Phi) is 5.39. The number of methoxy groups -OCH3 is 1. The van der Waals surface area contributed by atoms with Crippen LogP contribution in [0.3, 0.4) is 0 Å². The van der Waals surface area contributed by atoms with Crippen molar-refractivity contribution in [3.63, 3.8) is 0 Å². The first kappa shape index (κ1) is 18.9. The molecule has 6 nitrogen and oxygen atoms in total. The lowest BCUT2D eigenvalue weighted by Gasteiger charge is -2.22. The molecule has 2 heterocycles. The molecule has 0 aliphatic carbocycles. The Hall–Kier alpha value is -3.45. The Morgan fingerprint density at radius 1 is 1.17 bits per heavy atom. The monoisotopic (exact) mass is 405 g/mol. The van der Waals surface area contributed by atoms with Gasteiger partial charge in [0.05, 0.1) is 30.6 Å². The van der Waals surface area contributed by atoms with E-state index in [9.17, 15) is 9.59 Å². The second-order valence-electron chi connectivity index (χ2n) is 6.46. The number of anilines is 2. The molecule has 0 unspecified atom stereocenters. The van der Waals surface area contributed by atoms with E-state index in [2.05, 4.69) is 5.32 Å². The average Bonchev–Trinajstić information content (AvgIpc) is 3.23. The van der Waals surface area contributed by atoms with Crippen molar-refractivity contribution in [1.82, 2.24) is 0 Å². The lowest BCUT2D eigenvalue weighted by molar-refractivity contribution is -0.120. The van der Waals surface area contributed by atoms with Gasteiger partial charge in [0.2, 0.25) is 11.8 Å². The summed E-state index contributed by atoms with van der Waals surface area (Å²) in [6.07, 6.45) is 0.141. The molecule has 29 heavy (non-hydrogen) atoms. The van der Waals surface area contributed by atoms with Crippen LogP contribution < -0.4 is 15.0 Å². The molecule has 0 saturated heterocycles. The molecule has 2 amide bonds. The van der Waals surface area contributed by atoms with Gasteiger partial charge in [0.25, 0.3) is 0 Å². The van der Waals surface area contributed by atoms with Crippen molar-refractivity contribution in [1.29, 1.82) is 0 Å². The first-order chi connectivity index (χ1) is 14.1. The summed E-state index contributed by atoms with van der Waals surface area (Å²) in [4.78, 5) is 32.9. The summed E-state index contributed by atoms with van der Waals surface area (Å²) in [5.74, 6) is 0.192. The topological polar surface area (TPSA) is 71.0 Å². The van der Waals surface area contributed by atoms with Crippen molar-refractivity contribution in [2.45, 2.75) is 6.42 Å². The number of hydrogen-bond donors (Lipinski definition) is 1. The van der Waals surface area contributed by atoms with Gasteiger partial charge >= 0.3 is 0 Å². The van der Waals surface area contributed by atoms with Crippen LogP contribution in [0, 0.1) is 0 Å². The Bertz CT molecular complexity index is 1080. The largest absolute Gasteiger partial charge is 0.497 e.